The molecule has 136 valence electrons. The second-order valence-corrected chi connectivity index (χ2v) is 7.16. The zero-order valence-electron chi connectivity index (χ0n) is 14.7. The SMILES string of the molecule is Cc1ccnn1-c1ccc(C(=O)N2C[C@@H]3COCC[C@]3(C(N)=O)C2)cc1. The molecule has 2 aliphatic heterocycles. The topological polar surface area (TPSA) is 90.4 Å². The molecule has 2 N–H and O–H groups in total. The number of rotatable bonds is 3. The van der Waals surface area contributed by atoms with Gasteiger partial charge in [0.2, 0.25) is 5.91 Å². The van der Waals surface area contributed by atoms with Crippen molar-refractivity contribution >= 4 is 11.8 Å². The van der Waals surface area contributed by atoms with Crippen molar-refractivity contribution in [2.75, 3.05) is 26.3 Å². The van der Waals surface area contributed by atoms with Crippen LogP contribution >= 0.6 is 0 Å². The number of carbonyl (C=O) groups is 2. The van der Waals surface area contributed by atoms with Crippen LogP contribution in [0.2, 0.25) is 0 Å². The van der Waals surface area contributed by atoms with Crippen molar-refractivity contribution in [3.63, 3.8) is 0 Å². The van der Waals surface area contributed by atoms with Gasteiger partial charge in [0.1, 0.15) is 0 Å². The zero-order chi connectivity index (χ0) is 18.3. The van der Waals surface area contributed by atoms with Gasteiger partial charge in [-0.25, -0.2) is 4.68 Å². The van der Waals surface area contributed by atoms with Gasteiger partial charge in [0, 0.05) is 43.1 Å². The lowest BCUT2D eigenvalue weighted by Gasteiger charge is -2.34. The van der Waals surface area contributed by atoms with E-state index in [4.69, 9.17) is 10.5 Å². The largest absolute Gasteiger partial charge is 0.381 e. The van der Waals surface area contributed by atoms with Crippen LogP contribution in [0.3, 0.4) is 0 Å². The maximum absolute atomic E-state index is 12.9. The van der Waals surface area contributed by atoms with E-state index in [1.165, 1.54) is 0 Å². The van der Waals surface area contributed by atoms with Gasteiger partial charge in [-0.15, -0.1) is 0 Å². The summed E-state index contributed by atoms with van der Waals surface area (Å²) in [6.07, 6.45) is 2.32. The Bertz CT molecular complexity index is 845. The number of likely N-dealkylation sites (tertiary alicyclic amines) is 1. The van der Waals surface area contributed by atoms with Crippen molar-refractivity contribution in [1.29, 1.82) is 0 Å². The van der Waals surface area contributed by atoms with Crippen LogP contribution < -0.4 is 5.73 Å². The molecule has 3 heterocycles. The number of hydrogen-bond donors (Lipinski definition) is 1. The van der Waals surface area contributed by atoms with Gasteiger partial charge in [-0.05, 0) is 43.7 Å². The molecule has 1 aromatic carbocycles. The molecule has 0 spiro atoms. The Balaban J connectivity index is 1.55. The van der Waals surface area contributed by atoms with Crippen molar-refractivity contribution in [3.8, 4) is 5.69 Å². The summed E-state index contributed by atoms with van der Waals surface area (Å²) >= 11 is 0. The third kappa shape index (κ3) is 2.59. The van der Waals surface area contributed by atoms with Gasteiger partial charge in [0.25, 0.3) is 5.91 Å². The first-order chi connectivity index (χ1) is 12.5. The van der Waals surface area contributed by atoms with Crippen molar-refractivity contribution in [2.45, 2.75) is 13.3 Å². The normalized spacial score (nSPS) is 25.1. The fourth-order valence-corrected chi connectivity index (χ4v) is 4.07. The van der Waals surface area contributed by atoms with E-state index in [9.17, 15) is 9.59 Å². The highest BCUT2D eigenvalue weighted by Gasteiger charge is 2.53. The van der Waals surface area contributed by atoms with Gasteiger partial charge < -0.3 is 15.4 Å². The molecule has 1 aromatic heterocycles. The maximum atomic E-state index is 12.9. The predicted octanol–water partition coefficient (Wildman–Crippen LogP) is 1.14. The van der Waals surface area contributed by atoms with E-state index in [2.05, 4.69) is 5.10 Å². The first-order valence-corrected chi connectivity index (χ1v) is 8.79. The molecule has 2 aliphatic rings. The number of benzene rings is 1. The number of aryl methyl sites for hydroxylation is 1. The average molecular weight is 354 g/mol. The van der Waals surface area contributed by atoms with Crippen molar-refractivity contribution in [2.24, 2.45) is 17.1 Å². The third-order valence-electron chi connectivity index (χ3n) is 5.68. The molecule has 2 atom stereocenters. The summed E-state index contributed by atoms with van der Waals surface area (Å²) in [5, 5.41) is 4.27. The fraction of sp³-hybridized carbons (Fsp3) is 0.421. The highest BCUT2D eigenvalue weighted by atomic mass is 16.5. The molecule has 26 heavy (non-hydrogen) atoms. The Morgan fingerprint density at radius 1 is 1.27 bits per heavy atom. The van der Waals surface area contributed by atoms with E-state index in [1.54, 1.807) is 23.2 Å². The van der Waals surface area contributed by atoms with Crippen LogP contribution in [-0.2, 0) is 9.53 Å². The van der Waals surface area contributed by atoms with Crippen LogP contribution in [-0.4, -0.2) is 52.8 Å². The molecule has 7 heteroatoms. The highest BCUT2D eigenvalue weighted by Crippen LogP contribution is 2.42. The Hall–Kier alpha value is -2.67. The lowest BCUT2D eigenvalue weighted by atomic mass is 9.74. The molecule has 4 rings (SSSR count). The summed E-state index contributed by atoms with van der Waals surface area (Å²) in [6, 6.07) is 9.28. The van der Waals surface area contributed by atoms with Crippen molar-refractivity contribution in [1.82, 2.24) is 14.7 Å². The van der Waals surface area contributed by atoms with Gasteiger partial charge in [-0.3, -0.25) is 9.59 Å². The van der Waals surface area contributed by atoms with Gasteiger partial charge in [0.05, 0.1) is 17.7 Å². The number of hydrogen-bond acceptors (Lipinski definition) is 4. The highest BCUT2D eigenvalue weighted by molar-refractivity contribution is 5.95. The summed E-state index contributed by atoms with van der Waals surface area (Å²) in [6.45, 7) is 3.84. The van der Waals surface area contributed by atoms with Crippen LogP contribution in [0.1, 0.15) is 22.5 Å². The van der Waals surface area contributed by atoms with Gasteiger partial charge in [-0.2, -0.15) is 5.10 Å². The summed E-state index contributed by atoms with van der Waals surface area (Å²) in [4.78, 5) is 26.8. The van der Waals surface area contributed by atoms with Crippen LogP contribution in [0, 0.1) is 18.3 Å². The molecular weight excluding hydrogens is 332 g/mol. The molecule has 0 bridgehead atoms. The summed E-state index contributed by atoms with van der Waals surface area (Å²) in [5.74, 6) is -0.432. The number of nitrogens with zero attached hydrogens (tertiary/aromatic N) is 3. The zero-order valence-corrected chi connectivity index (χ0v) is 14.7. The van der Waals surface area contributed by atoms with E-state index in [-0.39, 0.29) is 17.7 Å². The predicted molar refractivity (Wildman–Crippen MR) is 94.8 cm³/mol. The Morgan fingerprint density at radius 3 is 2.65 bits per heavy atom. The number of aromatic nitrogens is 2. The quantitative estimate of drug-likeness (QED) is 0.895. The van der Waals surface area contributed by atoms with Crippen LogP contribution in [0.4, 0.5) is 0 Å². The second kappa shape index (κ2) is 6.25. The maximum Gasteiger partial charge on any atom is 0.253 e. The molecule has 2 fully saturated rings. The summed E-state index contributed by atoms with van der Waals surface area (Å²) < 4.78 is 7.32. The van der Waals surface area contributed by atoms with E-state index in [0.717, 1.165) is 11.4 Å². The first kappa shape index (κ1) is 16.8. The number of ether oxygens (including phenoxy) is 1. The van der Waals surface area contributed by atoms with E-state index in [0.29, 0.717) is 38.3 Å². The lowest BCUT2D eigenvalue weighted by molar-refractivity contribution is -0.135. The van der Waals surface area contributed by atoms with E-state index >= 15 is 0 Å². The minimum absolute atomic E-state index is 0.0244. The number of nitrogens with two attached hydrogens (primary N) is 1. The smallest absolute Gasteiger partial charge is 0.253 e. The summed E-state index contributed by atoms with van der Waals surface area (Å²) in [7, 11) is 0. The molecule has 2 aromatic rings. The van der Waals surface area contributed by atoms with Crippen molar-refractivity contribution < 1.29 is 14.3 Å². The summed E-state index contributed by atoms with van der Waals surface area (Å²) in [5.41, 5.74) is 7.56. The Labute approximate surface area is 151 Å². The van der Waals surface area contributed by atoms with E-state index in [1.807, 2.05) is 29.8 Å². The molecule has 0 radical (unpaired) electrons. The number of fused-ring (bicyclic) bond motifs is 1. The first-order valence-electron chi connectivity index (χ1n) is 8.79. The number of primary amides is 1. The molecule has 7 nitrogen and oxygen atoms in total. The van der Waals surface area contributed by atoms with Crippen LogP contribution in [0.5, 0.6) is 0 Å². The average Bonchev–Trinajstić information content (AvgIpc) is 3.25. The Kier molecular flexibility index (Phi) is 4.03. The molecule has 0 saturated carbocycles. The molecule has 0 unspecified atom stereocenters. The second-order valence-electron chi connectivity index (χ2n) is 7.16. The molecular formula is C19H22N4O3. The fourth-order valence-electron chi connectivity index (χ4n) is 4.07. The van der Waals surface area contributed by atoms with Crippen LogP contribution in [0.15, 0.2) is 36.5 Å². The minimum Gasteiger partial charge on any atom is -0.381 e. The minimum atomic E-state index is -0.653. The van der Waals surface area contributed by atoms with Crippen LogP contribution in [0.25, 0.3) is 5.69 Å². The molecule has 2 amide bonds. The van der Waals surface area contributed by atoms with E-state index < -0.39 is 5.41 Å². The monoisotopic (exact) mass is 354 g/mol. The Morgan fingerprint density at radius 2 is 2.04 bits per heavy atom. The molecule has 2 saturated heterocycles. The number of carbonyl (C=O) groups excluding carboxylic acids is 2. The van der Waals surface area contributed by atoms with Gasteiger partial charge in [-0.1, -0.05) is 0 Å². The lowest BCUT2D eigenvalue weighted by Crippen LogP contribution is -2.48. The van der Waals surface area contributed by atoms with Gasteiger partial charge >= 0.3 is 0 Å². The third-order valence-corrected chi connectivity index (χ3v) is 5.68. The van der Waals surface area contributed by atoms with Gasteiger partial charge in [0.15, 0.2) is 0 Å². The standard InChI is InChI=1S/C19H22N4O3/c1-13-6-8-21-23(13)16-4-2-14(3-5-16)17(24)22-10-15-11-26-9-7-19(15,12-22)18(20)25/h2-6,8,15H,7,9-12H2,1H3,(H2,20,25)/t15-,19+/m1/s1. The number of amides is 2. The molecule has 0 aliphatic carbocycles. The van der Waals surface area contributed by atoms with Crippen molar-refractivity contribution in [3.05, 3.63) is 47.8 Å².